The van der Waals surface area contributed by atoms with Crippen molar-refractivity contribution in [3.05, 3.63) is 64.4 Å². The van der Waals surface area contributed by atoms with Crippen molar-refractivity contribution < 1.29 is 57.6 Å². The zero-order valence-corrected chi connectivity index (χ0v) is 26.7. The molecule has 3 aliphatic carbocycles. The third-order valence-corrected chi connectivity index (χ3v) is 10.1. The summed E-state index contributed by atoms with van der Waals surface area (Å²) in [5.41, 5.74) is 2.97. The molecule has 1 unspecified atom stereocenters. The van der Waals surface area contributed by atoms with Crippen molar-refractivity contribution in [3.8, 4) is 16.9 Å². The number of nitrogens with one attached hydrogen (secondary N) is 1. The van der Waals surface area contributed by atoms with Gasteiger partial charge in [0.05, 0.1) is 11.6 Å². The van der Waals surface area contributed by atoms with Crippen molar-refractivity contribution in [2.75, 3.05) is 26.0 Å². The summed E-state index contributed by atoms with van der Waals surface area (Å²) in [6.45, 7) is -0.199. The largest absolute Gasteiger partial charge is 0.508 e. The molecule has 1 saturated heterocycles. The number of phenols is 1. The van der Waals surface area contributed by atoms with Crippen LogP contribution in [0.1, 0.15) is 30.4 Å². The van der Waals surface area contributed by atoms with Gasteiger partial charge in [0.1, 0.15) is 28.9 Å². The van der Waals surface area contributed by atoms with E-state index in [0.717, 1.165) is 0 Å². The van der Waals surface area contributed by atoms with Crippen LogP contribution in [0.25, 0.3) is 16.9 Å². The summed E-state index contributed by atoms with van der Waals surface area (Å²) in [6.07, 6.45) is -4.86. The minimum atomic E-state index is -5.11. The van der Waals surface area contributed by atoms with Gasteiger partial charge in [0.2, 0.25) is 11.7 Å². The first-order valence-electron chi connectivity index (χ1n) is 15.7. The Morgan fingerprint density at radius 2 is 1.70 bits per heavy atom. The number of amides is 3. The summed E-state index contributed by atoms with van der Waals surface area (Å²) in [5, 5.41) is 47.7. The second kappa shape index (κ2) is 12.0. The quantitative estimate of drug-likeness (QED) is 0.251. The summed E-state index contributed by atoms with van der Waals surface area (Å²) >= 11 is 0. The van der Waals surface area contributed by atoms with E-state index < -0.39 is 87.8 Å². The highest BCUT2D eigenvalue weighted by atomic mass is 19.4. The molecule has 0 radical (unpaired) electrons. The number of carbonyl (C=O) groups is 5. The number of aromatic hydroxyl groups is 1. The number of nitrogens with two attached hydrogens (primary N) is 1. The van der Waals surface area contributed by atoms with Crippen molar-refractivity contribution in [1.82, 2.24) is 9.80 Å². The molecule has 0 spiro atoms. The van der Waals surface area contributed by atoms with Crippen LogP contribution in [0.2, 0.25) is 0 Å². The third-order valence-electron chi connectivity index (χ3n) is 10.1. The maximum atomic E-state index is 14.0. The Bertz CT molecular complexity index is 1920. The van der Waals surface area contributed by atoms with Crippen LogP contribution in [0.5, 0.6) is 5.75 Å². The normalized spacial score (nSPS) is 26.5. The van der Waals surface area contributed by atoms with Crippen LogP contribution in [0, 0.1) is 11.8 Å². The van der Waals surface area contributed by atoms with Crippen molar-refractivity contribution in [2.24, 2.45) is 17.6 Å². The van der Waals surface area contributed by atoms with Crippen LogP contribution < -0.4 is 11.1 Å². The third kappa shape index (κ3) is 5.20. The molecule has 6 rings (SSSR count). The number of aliphatic hydroxyl groups excluding tert-OH is 2. The number of aliphatic hydroxyl groups is 3. The maximum absolute atomic E-state index is 14.0. The van der Waals surface area contributed by atoms with Crippen LogP contribution in [0.4, 0.5) is 18.9 Å². The number of fused-ring (bicyclic) bond motifs is 3. The van der Waals surface area contributed by atoms with Crippen LogP contribution in [-0.2, 0) is 30.4 Å². The lowest BCUT2D eigenvalue weighted by Crippen LogP contribution is -2.65. The van der Waals surface area contributed by atoms with E-state index in [2.05, 4.69) is 5.32 Å². The van der Waals surface area contributed by atoms with Gasteiger partial charge in [0.25, 0.3) is 5.91 Å². The molecule has 7 N–H and O–H groups in total. The number of alkyl halides is 3. The van der Waals surface area contributed by atoms with E-state index >= 15 is 0 Å². The SMILES string of the molecule is CN(C)[C@H]1C(=O)C(C(N)=O)=C(O)[C@]2(O)C(=O)C3=C(O)c4c(O)ccc(-c5ccc(NC(=O)C6CCCN6C(=O)C(F)(F)F)cc5)c4C[C@@H]3C[C@H]12. The predicted octanol–water partition coefficient (Wildman–Crippen LogP) is 2.12. The smallest absolute Gasteiger partial charge is 0.471 e. The molecule has 0 bridgehead atoms. The number of carbonyl (C=O) groups excluding carboxylic acids is 5. The number of hydrogen-bond acceptors (Lipinski definition) is 10. The first-order chi connectivity index (χ1) is 23.4. The van der Waals surface area contributed by atoms with Crippen LogP contribution in [0.15, 0.2) is 53.3 Å². The second-order valence-corrected chi connectivity index (χ2v) is 13.2. The fourth-order valence-electron chi connectivity index (χ4n) is 7.92. The first kappa shape index (κ1) is 34.6. The Kier molecular flexibility index (Phi) is 8.30. The number of ketones is 2. The summed E-state index contributed by atoms with van der Waals surface area (Å²) in [4.78, 5) is 66.1. The Labute approximate surface area is 282 Å². The average molecular weight is 699 g/mol. The number of rotatable bonds is 5. The number of anilines is 1. The Morgan fingerprint density at radius 1 is 1.04 bits per heavy atom. The van der Waals surface area contributed by atoms with Gasteiger partial charge in [-0.05, 0) is 80.6 Å². The van der Waals surface area contributed by atoms with Gasteiger partial charge in [-0.1, -0.05) is 18.2 Å². The lowest BCUT2D eigenvalue weighted by Gasteiger charge is -2.50. The fraction of sp³-hybridized carbons (Fsp3) is 0.382. The van der Waals surface area contributed by atoms with Gasteiger partial charge >= 0.3 is 12.1 Å². The topological polar surface area (TPSA) is 211 Å². The summed E-state index contributed by atoms with van der Waals surface area (Å²) in [6, 6.07) is 6.49. The predicted molar refractivity (Wildman–Crippen MR) is 169 cm³/mol. The molecule has 1 heterocycles. The molecule has 2 aromatic rings. The van der Waals surface area contributed by atoms with E-state index in [0.29, 0.717) is 21.6 Å². The molecule has 5 atom stereocenters. The van der Waals surface area contributed by atoms with Gasteiger partial charge in [0, 0.05) is 23.7 Å². The Balaban J connectivity index is 1.34. The van der Waals surface area contributed by atoms with Crippen molar-refractivity contribution in [3.63, 3.8) is 0 Å². The number of primary amides is 1. The first-order valence-corrected chi connectivity index (χ1v) is 15.7. The maximum Gasteiger partial charge on any atom is 0.471 e. The Morgan fingerprint density at radius 3 is 2.30 bits per heavy atom. The molecule has 13 nitrogen and oxygen atoms in total. The minimum Gasteiger partial charge on any atom is -0.508 e. The number of halogens is 3. The van der Waals surface area contributed by atoms with Gasteiger partial charge in [-0.2, -0.15) is 13.2 Å². The summed E-state index contributed by atoms with van der Waals surface area (Å²) in [7, 11) is 3.00. The van der Waals surface area contributed by atoms with Crippen LogP contribution >= 0.6 is 0 Å². The molecule has 1 aliphatic heterocycles. The number of benzene rings is 2. The molecule has 2 aromatic carbocycles. The summed E-state index contributed by atoms with van der Waals surface area (Å²) < 4.78 is 39.1. The number of likely N-dealkylation sites (N-methyl/N-ethyl adjacent to an activating group) is 1. The lowest BCUT2D eigenvalue weighted by atomic mass is 9.57. The molecular formula is C34H33F3N4O9. The molecular weight excluding hydrogens is 665 g/mol. The van der Waals surface area contributed by atoms with Gasteiger partial charge < -0.3 is 36.4 Å². The highest BCUT2D eigenvalue weighted by Gasteiger charge is 2.64. The molecule has 2 fully saturated rings. The van der Waals surface area contributed by atoms with Crippen molar-refractivity contribution >= 4 is 40.7 Å². The highest BCUT2D eigenvalue weighted by molar-refractivity contribution is 6.24. The molecule has 0 aromatic heterocycles. The standard InChI is InChI=1S/C34H33F3N4O9/c1-40(2)25-19-13-15-12-18-17(14-5-7-16(8-6-14)39-31(48)20-4-3-11-41(20)32(49)34(35,36)37)9-10-21(42)23(18)26(43)22(15)28(45)33(19,50)29(46)24(27(25)44)30(38)47/h5-10,15,19-20,25,42-43,46,50H,3-4,11-13H2,1-2H3,(H2,38,47)(H,39,48)/t15-,19-,20?,25-,33-/m1/s1. The lowest BCUT2D eigenvalue weighted by molar-refractivity contribution is -0.186. The number of likely N-dealkylation sites (tertiary alicyclic amines) is 1. The average Bonchev–Trinajstić information content (AvgIpc) is 3.52. The number of Topliss-reactive ketones (excluding diaryl/α,β-unsaturated/α-hetero) is 2. The Hall–Kier alpha value is -5.22. The zero-order chi connectivity index (χ0) is 36.6. The number of nitrogens with zero attached hydrogens (tertiary/aromatic N) is 2. The number of phenolic OH excluding ortho intramolecular Hbond substituents is 1. The molecule has 50 heavy (non-hydrogen) atoms. The summed E-state index contributed by atoms with van der Waals surface area (Å²) in [5.74, 6) is -10.5. The number of hydrogen-bond donors (Lipinski definition) is 6. The van der Waals surface area contributed by atoms with Crippen LogP contribution in [0.3, 0.4) is 0 Å². The van der Waals surface area contributed by atoms with Gasteiger partial charge in [0.15, 0.2) is 11.4 Å². The molecule has 16 heteroatoms. The molecule has 264 valence electrons. The highest BCUT2D eigenvalue weighted by Crippen LogP contribution is 2.53. The van der Waals surface area contributed by atoms with E-state index in [1.54, 1.807) is 18.2 Å². The van der Waals surface area contributed by atoms with E-state index in [4.69, 9.17) is 5.73 Å². The molecule has 1 saturated carbocycles. The second-order valence-electron chi connectivity index (χ2n) is 13.2. The van der Waals surface area contributed by atoms with E-state index in [1.807, 2.05) is 0 Å². The van der Waals surface area contributed by atoms with E-state index in [1.165, 1.54) is 37.2 Å². The van der Waals surface area contributed by atoms with Crippen molar-refractivity contribution in [1.29, 1.82) is 0 Å². The van der Waals surface area contributed by atoms with Gasteiger partial charge in [-0.3, -0.25) is 28.9 Å². The molecule has 4 aliphatic rings. The zero-order valence-electron chi connectivity index (χ0n) is 26.7. The van der Waals surface area contributed by atoms with Gasteiger partial charge in [-0.15, -0.1) is 0 Å². The fourth-order valence-corrected chi connectivity index (χ4v) is 7.92. The van der Waals surface area contributed by atoms with E-state index in [-0.39, 0.29) is 49.1 Å². The monoisotopic (exact) mass is 698 g/mol. The van der Waals surface area contributed by atoms with Crippen molar-refractivity contribution in [2.45, 2.75) is 49.5 Å². The minimum absolute atomic E-state index is 0.0432. The van der Waals surface area contributed by atoms with Gasteiger partial charge in [-0.25, -0.2) is 0 Å². The molecule has 3 amide bonds. The van der Waals surface area contributed by atoms with E-state index in [9.17, 15) is 57.6 Å². The van der Waals surface area contributed by atoms with Crippen LogP contribution in [-0.4, -0.2) is 104 Å².